The summed E-state index contributed by atoms with van der Waals surface area (Å²) in [4.78, 5) is 16.4. The Morgan fingerprint density at radius 3 is 2.78 bits per heavy atom. The van der Waals surface area contributed by atoms with Crippen LogP contribution in [0.1, 0.15) is 11.1 Å². The molecule has 2 N–H and O–H groups in total. The van der Waals surface area contributed by atoms with Gasteiger partial charge in [0.15, 0.2) is 5.17 Å². The predicted octanol–water partition coefficient (Wildman–Crippen LogP) is 1.55. The number of hydrogen-bond donors (Lipinski definition) is 2. The predicted molar refractivity (Wildman–Crippen MR) is 74.3 cm³/mol. The molecular weight excluding hydrogens is 248 g/mol. The van der Waals surface area contributed by atoms with Crippen LogP contribution in [0.3, 0.4) is 0 Å². The Hall–Kier alpha value is -1.59. The van der Waals surface area contributed by atoms with Gasteiger partial charge in [0.1, 0.15) is 0 Å². The monoisotopic (exact) mass is 262 g/mol. The highest BCUT2D eigenvalue weighted by atomic mass is 32.2. The summed E-state index contributed by atoms with van der Waals surface area (Å²) in [5.74, 6) is -0.141. The van der Waals surface area contributed by atoms with Gasteiger partial charge in [-0.25, -0.2) is 0 Å². The number of rotatable bonds is 3. The van der Waals surface area contributed by atoms with Gasteiger partial charge in [0.05, 0.1) is 18.1 Å². The fraction of sp³-hybridized carbons (Fsp3) is 0.231. The number of carbonyl (C=O) groups excluding carboxylic acids is 1. The fourth-order valence-corrected chi connectivity index (χ4v) is 2.31. The van der Waals surface area contributed by atoms with Crippen molar-refractivity contribution in [3.63, 3.8) is 0 Å². The van der Waals surface area contributed by atoms with E-state index in [1.54, 1.807) is 0 Å². The normalized spacial score (nSPS) is 19.6. The van der Waals surface area contributed by atoms with Crippen molar-refractivity contribution in [2.24, 2.45) is 4.99 Å². The molecule has 1 fully saturated rings. The molecule has 1 aromatic carbocycles. The van der Waals surface area contributed by atoms with Crippen molar-refractivity contribution in [1.29, 1.82) is 0 Å². The van der Waals surface area contributed by atoms with Gasteiger partial charge in [0.2, 0.25) is 0 Å². The van der Waals surface area contributed by atoms with E-state index in [2.05, 4.69) is 10.3 Å². The number of aliphatic imine (C=N–C) groups is 1. The number of carbonyl (C=O) groups is 1. The molecule has 0 bridgehead atoms. The Morgan fingerprint density at radius 1 is 1.39 bits per heavy atom. The van der Waals surface area contributed by atoms with Crippen molar-refractivity contribution in [1.82, 2.24) is 5.32 Å². The third-order valence-corrected chi connectivity index (χ3v) is 3.33. The molecule has 1 amide bonds. The van der Waals surface area contributed by atoms with Crippen LogP contribution in [-0.2, 0) is 4.79 Å². The van der Waals surface area contributed by atoms with Gasteiger partial charge in [-0.3, -0.25) is 9.79 Å². The van der Waals surface area contributed by atoms with Gasteiger partial charge >= 0.3 is 0 Å². The van der Waals surface area contributed by atoms with Crippen LogP contribution in [0, 0.1) is 6.92 Å². The second-order valence-electron chi connectivity index (χ2n) is 3.89. The van der Waals surface area contributed by atoms with Gasteiger partial charge < -0.3 is 10.4 Å². The molecule has 0 aliphatic carbocycles. The second-order valence-corrected chi connectivity index (χ2v) is 4.92. The third kappa shape index (κ3) is 3.21. The van der Waals surface area contributed by atoms with Gasteiger partial charge in [-0.2, -0.15) is 0 Å². The van der Waals surface area contributed by atoms with E-state index in [0.29, 0.717) is 16.6 Å². The van der Waals surface area contributed by atoms with Gasteiger partial charge in [0.25, 0.3) is 5.91 Å². The highest BCUT2D eigenvalue weighted by Crippen LogP contribution is 2.25. The maximum absolute atomic E-state index is 11.7. The average molecular weight is 262 g/mol. The van der Waals surface area contributed by atoms with Crippen LogP contribution in [-0.4, -0.2) is 29.3 Å². The van der Waals surface area contributed by atoms with Crippen molar-refractivity contribution in [2.45, 2.75) is 6.92 Å². The lowest BCUT2D eigenvalue weighted by atomic mass is 10.1. The summed E-state index contributed by atoms with van der Waals surface area (Å²) < 4.78 is 0. The van der Waals surface area contributed by atoms with Crippen LogP contribution in [0.5, 0.6) is 0 Å². The molecule has 18 heavy (non-hydrogen) atoms. The maximum Gasteiger partial charge on any atom is 0.264 e. The smallest absolute Gasteiger partial charge is 0.264 e. The Morgan fingerprint density at radius 2 is 2.11 bits per heavy atom. The van der Waals surface area contributed by atoms with Crippen LogP contribution in [0.15, 0.2) is 34.2 Å². The second kappa shape index (κ2) is 5.84. The summed E-state index contributed by atoms with van der Waals surface area (Å²) in [6, 6.07) is 7.95. The van der Waals surface area contributed by atoms with E-state index in [4.69, 9.17) is 5.11 Å². The molecule has 0 saturated carbocycles. The summed E-state index contributed by atoms with van der Waals surface area (Å²) in [7, 11) is 0. The number of amides is 1. The molecule has 94 valence electrons. The van der Waals surface area contributed by atoms with E-state index in [0.717, 1.165) is 5.56 Å². The number of aliphatic hydroxyl groups is 1. The number of hydrogen-bond acceptors (Lipinski definition) is 4. The Bertz CT molecular complexity index is 506. The largest absolute Gasteiger partial charge is 0.394 e. The minimum absolute atomic E-state index is 0.0169. The summed E-state index contributed by atoms with van der Waals surface area (Å²) in [6.45, 7) is 2.31. The van der Waals surface area contributed by atoms with Gasteiger partial charge in [-0.1, -0.05) is 29.8 Å². The number of nitrogens with zero attached hydrogens (tertiary/aromatic N) is 1. The summed E-state index contributed by atoms with van der Waals surface area (Å²) in [5.41, 5.74) is 2.17. The lowest BCUT2D eigenvalue weighted by Crippen LogP contribution is -2.20. The van der Waals surface area contributed by atoms with E-state index >= 15 is 0 Å². The number of amidine groups is 1. The van der Waals surface area contributed by atoms with E-state index in [1.807, 2.05) is 37.3 Å². The highest BCUT2D eigenvalue weighted by Gasteiger charge is 2.23. The quantitative estimate of drug-likeness (QED) is 0.812. The lowest BCUT2D eigenvalue weighted by Gasteiger charge is -1.95. The molecule has 2 rings (SSSR count). The standard InChI is InChI=1S/C13H14N2O2S/c1-9-2-4-10(5-3-9)8-11-12(17)15-13(18-11)14-6-7-16/h2-5,8,16H,6-7H2,1H3,(H,14,15,17)/b11-8-. The zero-order valence-corrected chi connectivity index (χ0v) is 10.8. The summed E-state index contributed by atoms with van der Waals surface area (Å²) >= 11 is 1.30. The molecule has 1 aromatic rings. The molecular formula is C13H14N2O2S. The van der Waals surface area contributed by atoms with E-state index in [9.17, 15) is 4.79 Å². The number of thioether (sulfide) groups is 1. The number of aryl methyl sites for hydroxylation is 1. The van der Waals surface area contributed by atoms with Crippen molar-refractivity contribution in [3.8, 4) is 0 Å². The molecule has 0 unspecified atom stereocenters. The van der Waals surface area contributed by atoms with Crippen LogP contribution < -0.4 is 5.32 Å². The molecule has 1 aliphatic heterocycles. The number of aliphatic hydroxyl groups excluding tert-OH is 1. The Balaban J connectivity index is 2.14. The summed E-state index contributed by atoms with van der Waals surface area (Å²) in [6.07, 6.45) is 1.83. The number of nitrogens with one attached hydrogen (secondary N) is 1. The van der Waals surface area contributed by atoms with Gasteiger partial charge in [0, 0.05) is 0 Å². The van der Waals surface area contributed by atoms with E-state index in [1.165, 1.54) is 17.3 Å². The molecule has 1 aliphatic rings. The van der Waals surface area contributed by atoms with Crippen LogP contribution in [0.4, 0.5) is 0 Å². The number of benzene rings is 1. The first kappa shape index (κ1) is 12.9. The topological polar surface area (TPSA) is 61.7 Å². The maximum atomic E-state index is 11.7. The molecule has 1 heterocycles. The van der Waals surface area contributed by atoms with E-state index in [-0.39, 0.29) is 12.5 Å². The van der Waals surface area contributed by atoms with Crippen LogP contribution in [0.2, 0.25) is 0 Å². The molecule has 0 radical (unpaired) electrons. The van der Waals surface area contributed by atoms with Crippen molar-refractivity contribution in [2.75, 3.05) is 13.2 Å². The molecule has 1 saturated heterocycles. The van der Waals surface area contributed by atoms with Crippen LogP contribution in [0.25, 0.3) is 6.08 Å². The van der Waals surface area contributed by atoms with E-state index < -0.39 is 0 Å². The average Bonchev–Trinajstić information content (AvgIpc) is 2.70. The molecule has 4 nitrogen and oxygen atoms in total. The van der Waals surface area contributed by atoms with Gasteiger partial charge in [-0.05, 0) is 30.3 Å². The summed E-state index contributed by atoms with van der Waals surface area (Å²) in [5, 5.41) is 11.9. The van der Waals surface area contributed by atoms with Crippen LogP contribution >= 0.6 is 11.8 Å². The first-order valence-electron chi connectivity index (χ1n) is 5.62. The Kier molecular flexibility index (Phi) is 4.17. The molecule has 0 spiro atoms. The minimum Gasteiger partial charge on any atom is -0.394 e. The fourth-order valence-electron chi connectivity index (χ4n) is 1.47. The molecule has 0 atom stereocenters. The van der Waals surface area contributed by atoms with Crippen molar-refractivity contribution < 1.29 is 9.90 Å². The zero-order valence-electron chi connectivity index (χ0n) is 10.0. The van der Waals surface area contributed by atoms with Gasteiger partial charge in [-0.15, -0.1) is 0 Å². The van der Waals surface area contributed by atoms with Crippen molar-refractivity contribution >= 4 is 28.9 Å². The SMILES string of the molecule is Cc1ccc(/C=C2\SC(=NCCO)NC2=O)cc1. The molecule has 5 heteroatoms. The third-order valence-electron chi connectivity index (χ3n) is 2.38. The van der Waals surface area contributed by atoms with Crippen molar-refractivity contribution in [3.05, 3.63) is 40.3 Å². The first-order valence-corrected chi connectivity index (χ1v) is 6.43. The highest BCUT2D eigenvalue weighted by molar-refractivity contribution is 8.18. The Labute approximate surface area is 110 Å². The lowest BCUT2D eigenvalue weighted by molar-refractivity contribution is -0.115. The zero-order chi connectivity index (χ0) is 13.0. The molecule has 0 aromatic heterocycles. The minimum atomic E-state index is -0.141. The first-order chi connectivity index (χ1) is 8.69.